The van der Waals surface area contributed by atoms with Crippen molar-refractivity contribution in [1.29, 1.82) is 0 Å². The van der Waals surface area contributed by atoms with Crippen molar-refractivity contribution in [1.82, 2.24) is 5.32 Å². The van der Waals surface area contributed by atoms with Crippen LogP contribution in [0.5, 0.6) is 5.75 Å². The number of hydrogen-bond donors (Lipinski definition) is 1. The zero-order valence-electron chi connectivity index (χ0n) is 11.8. The summed E-state index contributed by atoms with van der Waals surface area (Å²) < 4.78 is 5.20. The summed E-state index contributed by atoms with van der Waals surface area (Å²) in [5, 5.41) is 3.00. The van der Waals surface area contributed by atoms with Gasteiger partial charge in [-0.15, -0.1) is 0 Å². The van der Waals surface area contributed by atoms with Crippen LogP contribution in [0.1, 0.15) is 22.8 Å². The summed E-state index contributed by atoms with van der Waals surface area (Å²) in [6.45, 7) is 2.00. The number of nitrogens with one attached hydrogen (secondary N) is 1. The quantitative estimate of drug-likeness (QED) is 0.906. The smallest absolute Gasteiger partial charge is 0.251 e. The first kappa shape index (κ1) is 14.1. The Hall–Kier alpha value is -2.29. The third kappa shape index (κ3) is 3.85. The Labute approximate surface area is 119 Å². The van der Waals surface area contributed by atoms with E-state index in [9.17, 15) is 4.79 Å². The fourth-order valence-corrected chi connectivity index (χ4v) is 2.10. The zero-order valence-corrected chi connectivity index (χ0v) is 11.8. The first-order chi connectivity index (χ1) is 9.69. The molecule has 0 heterocycles. The molecular weight excluding hydrogens is 250 g/mol. The summed E-state index contributed by atoms with van der Waals surface area (Å²) in [6.07, 6.45) is 0.774. The molecule has 2 aromatic rings. The molecule has 3 nitrogen and oxygen atoms in total. The number of benzene rings is 2. The summed E-state index contributed by atoms with van der Waals surface area (Å²) in [4.78, 5) is 12.0. The third-order valence-corrected chi connectivity index (χ3v) is 3.09. The van der Waals surface area contributed by atoms with Gasteiger partial charge in [-0.1, -0.05) is 30.3 Å². The topological polar surface area (TPSA) is 38.3 Å². The lowest BCUT2D eigenvalue weighted by Gasteiger charge is -2.14. The Kier molecular flexibility index (Phi) is 4.77. The van der Waals surface area contributed by atoms with Crippen molar-refractivity contribution in [3.63, 3.8) is 0 Å². The largest absolute Gasteiger partial charge is 0.497 e. The van der Waals surface area contributed by atoms with Gasteiger partial charge in [0.25, 0.3) is 5.91 Å². The molecule has 2 rings (SSSR count). The average molecular weight is 269 g/mol. The number of carbonyl (C=O) groups excluding carboxylic acids is 1. The fourth-order valence-electron chi connectivity index (χ4n) is 2.10. The van der Waals surface area contributed by atoms with Gasteiger partial charge in [-0.05, 0) is 43.2 Å². The molecule has 0 saturated heterocycles. The maximum atomic E-state index is 12.0. The van der Waals surface area contributed by atoms with Crippen molar-refractivity contribution in [2.24, 2.45) is 0 Å². The molecule has 0 bridgehead atoms. The minimum atomic E-state index is -0.0407. The maximum Gasteiger partial charge on any atom is 0.251 e. The maximum absolute atomic E-state index is 12.0. The van der Waals surface area contributed by atoms with E-state index in [-0.39, 0.29) is 11.9 Å². The van der Waals surface area contributed by atoms with E-state index in [1.54, 1.807) is 7.11 Å². The highest BCUT2D eigenvalue weighted by molar-refractivity contribution is 5.94. The minimum Gasteiger partial charge on any atom is -0.497 e. The molecule has 1 amide bonds. The van der Waals surface area contributed by atoms with Gasteiger partial charge in [-0.3, -0.25) is 4.79 Å². The molecule has 2 aromatic carbocycles. The molecule has 1 atom stereocenters. The van der Waals surface area contributed by atoms with Gasteiger partial charge in [0, 0.05) is 11.6 Å². The van der Waals surface area contributed by atoms with Gasteiger partial charge in [0.2, 0.25) is 0 Å². The normalized spacial score (nSPS) is 11.7. The molecule has 3 heteroatoms. The Morgan fingerprint density at radius 3 is 2.60 bits per heavy atom. The number of methoxy groups -OCH3 is 1. The van der Waals surface area contributed by atoms with E-state index in [4.69, 9.17) is 4.74 Å². The van der Waals surface area contributed by atoms with E-state index in [0.29, 0.717) is 5.56 Å². The Morgan fingerprint density at radius 1 is 1.15 bits per heavy atom. The average Bonchev–Trinajstić information content (AvgIpc) is 2.48. The molecule has 0 aromatic heterocycles. The number of hydrogen-bond acceptors (Lipinski definition) is 2. The highest BCUT2D eigenvalue weighted by Gasteiger charge is 2.10. The standard InChI is InChI=1S/C17H19NO2/c1-13(11-14-7-6-10-16(12-14)20-2)18-17(19)15-8-4-3-5-9-15/h3-10,12-13H,11H2,1-2H3,(H,18,19). The van der Waals surface area contributed by atoms with Crippen molar-refractivity contribution < 1.29 is 9.53 Å². The van der Waals surface area contributed by atoms with Crippen molar-refractivity contribution in [3.05, 3.63) is 65.7 Å². The molecule has 20 heavy (non-hydrogen) atoms. The molecular formula is C17H19NO2. The van der Waals surface area contributed by atoms with Crippen LogP contribution in [-0.4, -0.2) is 19.1 Å². The molecule has 0 saturated carbocycles. The lowest BCUT2D eigenvalue weighted by molar-refractivity contribution is 0.0940. The third-order valence-electron chi connectivity index (χ3n) is 3.09. The summed E-state index contributed by atoms with van der Waals surface area (Å²) in [6, 6.07) is 17.2. The number of rotatable bonds is 5. The minimum absolute atomic E-state index is 0.0407. The molecule has 0 aliphatic heterocycles. The van der Waals surface area contributed by atoms with Gasteiger partial charge >= 0.3 is 0 Å². The SMILES string of the molecule is COc1cccc(CC(C)NC(=O)c2ccccc2)c1. The Morgan fingerprint density at radius 2 is 1.90 bits per heavy atom. The second-order valence-corrected chi connectivity index (χ2v) is 4.80. The van der Waals surface area contributed by atoms with Gasteiger partial charge in [0.1, 0.15) is 5.75 Å². The molecule has 1 N–H and O–H groups in total. The van der Waals surface area contributed by atoms with Gasteiger partial charge in [0.15, 0.2) is 0 Å². The first-order valence-corrected chi connectivity index (χ1v) is 6.68. The first-order valence-electron chi connectivity index (χ1n) is 6.68. The van der Waals surface area contributed by atoms with E-state index in [0.717, 1.165) is 17.7 Å². The molecule has 0 aliphatic carbocycles. The number of carbonyl (C=O) groups is 1. The Balaban J connectivity index is 1.95. The van der Waals surface area contributed by atoms with Gasteiger partial charge in [-0.25, -0.2) is 0 Å². The number of ether oxygens (including phenoxy) is 1. The molecule has 0 spiro atoms. The van der Waals surface area contributed by atoms with Crippen molar-refractivity contribution >= 4 is 5.91 Å². The summed E-state index contributed by atoms with van der Waals surface area (Å²) in [5.74, 6) is 0.796. The van der Waals surface area contributed by atoms with Crippen molar-refractivity contribution in [2.45, 2.75) is 19.4 Å². The predicted molar refractivity (Wildman–Crippen MR) is 80.1 cm³/mol. The van der Waals surface area contributed by atoms with Crippen molar-refractivity contribution in [2.75, 3.05) is 7.11 Å². The van der Waals surface area contributed by atoms with Gasteiger partial charge in [0.05, 0.1) is 7.11 Å². The van der Waals surface area contributed by atoms with E-state index >= 15 is 0 Å². The lowest BCUT2D eigenvalue weighted by Crippen LogP contribution is -2.34. The van der Waals surface area contributed by atoms with Crippen LogP contribution in [0.2, 0.25) is 0 Å². The lowest BCUT2D eigenvalue weighted by atomic mass is 10.1. The van der Waals surface area contributed by atoms with Crippen LogP contribution in [0.3, 0.4) is 0 Å². The van der Waals surface area contributed by atoms with Crippen LogP contribution in [0.25, 0.3) is 0 Å². The molecule has 104 valence electrons. The van der Waals surface area contributed by atoms with Crippen LogP contribution >= 0.6 is 0 Å². The fraction of sp³-hybridized carbons (Fsp3) is 0.235. The second kappa shape index (κ2) is 6.75. The van der Waals surface area contributed by atoms with Crippen LogP contribution in [0.4, 0.5) is 0 Å². The van der Waals surface area contributed by atoms with E-state index in [1.165, 1.54) is 0 Å². The van der Waals surface area contributed by atoms with Gasteiger partial charge < -0.3 is 10.1 Å². The van der Waals surface area contributed by atoms with Gasteiger partial charge in [-0.2, -0.15) is 0 Å². The molecule has 0 aliphatic rings. The van der Waals surface area contributed by atoms with Crippen LogP contribution in [0.15, 0.2) is 54.6 Å². The molecule has 0 radical (unpaired) electrons. The van der Waals surface area contributed by atoms with E-state index in [1.807, 2.05) is 61.5 Å². The molecule has 0 fully saturated rings. The highest BCUT2D eigenvalue weighted by Crippen LogP contribution is 2.14. The highest BCUT2D eigenvalue weighted by atomic mass is 16.5. The zero-order chi connectivity index (χ0) is 14.4. The van der Waals surface area contributed by atoms with Crippen LogP contribution in [-0.2, 0) is 6.42 Å². The predicted octanol–water partition coefficient (Wildman–Crippen LogP) is 3.06. The van der Waals surface area contributed by atoms with E-state index in [2.05, 4.69) is 5.32 Å². The van der Waals surface area contributed by atoms with Crippen molar-refractivity contribution in [3.8, 4) is 5.75 Å². The summed E-state index contributed by atoms with van der Waals surface area (Å²) in [7, 11) is 1.65. The summed E-state index contributed by atoms with van der Waals surface area (Å²) in [5.41, 5.74) is 1.83. The molecule has 1 unspecified atom stereocenters. The monoisotopic (exact) mass is 269 g/mol. The number of amides is 1. The summed E-state index contributed by atoms with van der Waals surface area (Å²) >= 11 is 0. The second-order valence-electron chi connectivity index (χ2n) is 4.80. The Bertz CT molecular complexity index is 566. The van der Waals surface area contributed by atoms with Crippen LogP contribution < -0.4 is 10.1 Å². The van der Waals surface area contributed by atoms with E-state index < -0.39 is 0 Å². The van der Waals surface area contributed by atoms with Crippen LogP contribution in [0, 0.1) is 0 Å².